The molecule has 0 aliphatic heterocycles. The number of nitrogens with one attached hydrogen (secondary N) is 1. The second-order valence-corrected chi connectivity index (χ2v) is 7.17. The highest BCUT2D eigenvalue weighted by Gasteiger charge is 2.15. The summed E-state index contributed by atoms with van der Waals surface area (Å²) in [6.45, 7) is 0. The fourth-order valence-corrected chi connectivity index (χ4v) is 3.58. The van der Waals surface area contributed by atoms with Crippen molar-refractivity contribution in [3.8, 4) is 11.5 Å². The summed E-state index contributed by atoms with van der Waals surface area (Å²) in [6, 6.07) is 13.7. The monoisotopic (exact) mass is 365 g/mol. The van der Waals surface area contributed by atoms with Gasteiger partial charge in [-0.1, -0.05) is 11.2 Å². The Labute approximate surface area is 156 Å². The van der Waals surface area contributed by atoms with Crippen LogP contribution in [0.4, 0.5) is 6.01 Å². The Morgan fingerprint density at radius 1 is 1.04 bits per heavy atom. The first kappa shape index (κ1) is 16.8. The van der Waals surface area contributed by atoms with Crippen molar-refractivity contribution < 1.29 is 9.21 Å². The molecule has 132 valence electrons. The van der Waals surface area contributed by atoms with Gasteiger partial charge in [0.15, 0.2) is 0 Å². The Bertz CT molecular complexity index is 934. The second-order valence-electron chi connectivity index (χ2n) is 6.29. The van der Waals surface area contributed by atoms with Crippen LogP contribution in [0.5, 0.6) is 0 Å². The number of nitrogens with zero attached hydrogens (tertiary/aromatic N) is 2. The third-order valence-corrected chi connectivity index (χ3v) is 5.34. The normalized spacial score (nSPS) is 13.3. The molecule has 4 rings (SSSR count). The summed E-state index contributed by atoms with van der Waals surface area (Å²) in [5.41, 5.74) is 4.20. The zero-order valence-corrected chi connectivity index (χ0v) is 15.3. The number of hydrogen-bond donors (Lipinski definition) is 1. The second kappa shape index (κ2) is 7.33. The summed E-state index contributed by atoms with van der Waals surface area (Å²) in [5.74, 6) is 0.157. The average Bonchev–Trinajstić information content (AvgIpc) is 3.16. The first-order valence-corrected chi connectivity index (χ1v) is 9.86. The van der Waals surface area contributed by atoms with E-state index in [1.165, 1.54) is 24.0 Å². The van der Waals surface area contributed by atoms with Crippen LogP contribution in [0.2, 0.25) is 0 Å². The fraction of sp³-hybridized carbons (Fsp3) is 0.250. The molecule has 1 amide bonds. The van der Waals surface area contributed by atoms with Crippen LogP contribution < -0.4 is 5.32 Å². The molecule has 0 saturated heterocycles. The van der Waals surface area contributed by atoms with Gasteiger partial charge in [-0.25, -0.2) is 0 Å². The summed E-state index contributed by atoms with van der Waals surface area (Å²) in [7, 11) is 0. The van der Waals surface area contributed by atoms with Crippen molar-refractivity contribution in [2.75, 3.05) is 11.6 Å². The zero-order valence-electron chi connectivity index (χ0n) is 14.5. The van der Waals surface area contributed by atoms with Crippen LogP contribution >= 0.6 is 11.8 Å². The van der Waals surface area contributed by atoms with Crippen LogP contribution in [0.25, 0.3) is 11.5 Å². The largest absolute Gasteiger partial charge is 0.403 e. The summed E-state index contributed by atoms with van der Waals surface area (Å²) in [4.78, 5) is 13.4. The van der Waals surface area contributed by atoms with Crippen LogP contribution in [0.1, 0.15) is 34.3 Å². The van der Waals surface area contributed by atoms with E-state index in [0.717, 1.165) is 23.3 Å². The van der Waals surface area contributed by atoms with Gasteiger partial charge in [-0.05, 0) is 79.5 Å². The third kappa shape index (κ3) is 3.51. The molecule has 1 N–H and O–H groups in total. The maximum Gasteiger partial charge on any atom is 0.322 e. The van der Waals surface area contributed by atoms with E-state index in [9.17, 15) is 4.79 Å². The quantitative estimate of drug-likeness (QED) is 0.685. The van der Waals surface area contributed by atoms with E-state index in [4.69, 9.17) is 4.42 Å². The highest BCUT2D eigenvalue weighted by atomic mass is 32.2. The van der Waals surface area contributed by atoms with Gasteiger partial charge in [0.1, 0.15) is 0 Å². The van der Waals surface area contributed by atoms with E-state index in [2.05, 4.69) is 27.6 Å². The number of anilines is 1. The Kier molecular flexibility index (Phi) is 4.75. The molecule has 2 aromatic carbocycles. The minimum atomic E-state index is -0.265. The van der Waals surface area contributed by atoms with E-state index >= 15 is 0 Å². The molecule has 0 atom stereocenters. The lowest BCUT2D eigenvalue weighted by Crippen LogP contribution is -2.11. The number of hydrogen-bond acceptors (Lipinski definition) is 5. The van der Waals surface area contributed by atoms with Crippen molar-refractivity contribution in [2.45, 2.75) is 30.6 Å². The molecular weight excluding hydrogens is 346 g/mol. The van der Waals surface area contributed by atoms with Gasteiger partial charge in [-0.15, -0.1) is 16.9 Å². The Hall–Kier alpha value is -2.60. The highest BCUT2D eigenvalue weighted by Crippen LogP contribution is 2.27. The number of fused-ring (bicyclic) bond motifs is 1. The van der Waals surface area contributed by atoms with Gasteiger partial charge in [-0.2, -0.15) is 0 Å². The lowest BCUT2D eigenvalue weighted by atomic mass is 9.90. The Morgan fingerprint density at radius 3 is 2.58 bits per heavy atom. The number of benzene rings is 2. The number of aryl methyl sites for hydroxylation is 2. The molecule has 0 bridgehead atoms. The van der Waals surface area contributed by atoms with Gasteiger partial charge in [0.2, 0.25) is 5.89 Å². The molecule has 0 unspecified atom stereocenters. The molecule has 0 saturated carbocycles. The minimum Gasteiger partial charge on any atom is -0.403 e. The zero-order chi connectivity index (χ0) is 17.9. The molecule has 1 aromatic heterocycles. The van der Waals surface area contributed by atoms with Gasteiger partial charge in [0.25, 0.3) is 5.91 Å². The molecule has 1 aliphatic rings. The average molecular weight is 365 g/mol. The molecule has 5 nitrogen and oxygen atoms in total. The number of carbonyl (C=O) groups excluding carboxylic acids is 1. The topological polar surface area (TPSA) is 68.0 Å². The molecule has 3 aromatic rings. The van der Waals surface area contributed by atoms with Gasteiger partial charge in [0.05, 0.1) is 0 Å². The maximum atomic E-state index is 12.3. The van der Waals surface area contributed by atoms with Crippen molar-refractivity contribution in [1.29, 1.82) is 0 Å². The molecule has 1 heterocycles. The molecule has 6 heteroatoms. The van der Waals surface area contributed by atoms with Gasteiger partial charge in [-0.3, -0.25) is 10.1 Å². The summed E-state index contributed by atoms with van der Waals surface area (Å²) >= 11 is 1.63. The smallest absolute Gasteiger partial charge is 0.322 e. The number of amides is 1. The van der Waals surface area contributed by atoms with E-state index in [0.29, 0.717) is 11.5 Å². The minimum absolute atomic E-state index is 0.108. The summed E-state index contributed by atoms with van der Waals surface area (Å²) < 4.78 is 5.64. The van der Waals surface area contributed by atoms with Crippen LogP contribution in [-0.4, -0.2) is 22.4 Å². The molecular formula is C20H19N3O2S. The van der Waals surface area contributed by atoms with E-state index < -0.39 is 0 Å². The standard InChI is InChI=1S/C20H19N3O2S/c1-26-17-10-8-14(9-11-17)18(24)21-20-23-22-19(25-20)16-7-6-13-4-2-3-5-15(13)12-16/h6-12H,2-5H2,1H3,(H,21,23,24). The SMILES string of the molecule is CSc1ccc(C(=O)Nc2nnc(-c3ccc4c(c3)CCCC4)o2)cc1. The highest BCUT2D eigenvalue weighted by molar-refractivity contribution is 7.98. The van der Waals surface area contributed by atoms with Crippen LogP contribution in [0.15, 0.2) is 51.8 Å². The number of carbonyl (C=O) groups is 1. The van der Waals surface area contributed by atoms with Gasteiger partial charge < -0.3 is 4.42 Å². The molecule has 0 radical (unpaired) electrons. The third-order valence-electron chi connectivity index (χ3n) is 4.59. The van der Waals surface area contributed by atoms with Crippen LogP contribution in [-0.2, 0) is 12.8 Å². The van der Waals surface area contributed by atoms with Crippen LogP contribution in [0, 0.1) is 0 Å². The van der Waals surface area contributed by atoms with Gasteiger partial charge in [0, 0.05) is 16.0 Å². The number of thioether (sulfide) groups is 1. The number of rotatable bonds is 4. The van der Waals surface area contributed by atoms with Crippen molar-refractivity contribution >= 4 is 23.7 Å². The molecule has 1 aliphatic carbocycles. The lowest BCUT2D eigenvalue weighted by Gasteiger charge is -2.15. The number of aromatic nitrogens is 2. The predicted molar refractivity (Wildman–Crippen MR) is 103 cm³/mol. The summed E-state index contributed by atoms with van der Waals surface area (Å²) in [6.07, 6.45) is 6.69. The molecule has 0 fully saturated rings. The van der Waals surface area contributed by atoms with Crippen molar-refractivity contribution in [3.05, 3.63) is 59.2 Å². The van der Waals surface area contributed by atoms with Crippen LogP contribution in [0.3, 0.4) is 0 Å². The van der Waals surface area contributed by atoms with E-state index in [-0.39, 0.29) is 11.9 Å². The molecule has 26 heavy (non-hydrogen) atoms. The van der Waals surface area contributed by atoms with E-state index in [1.807, 2.05) is 24.5 Å². The lowest BCUT2D eigenvalue weighted by molar-refractivity contribution is 0.102. The maximum absolute atomic E-state index is 12.3. The van der Waals surface area contributed by atoms with Crippen molar-refractivity contribution in [1.82, 2.24) is 10.2 Å². The first-order chi connectivity index (χ1) is 12.7. The Balaban J connectivity index is 1.50. The van der Waals surface area contributed by atoms with Crippen molar-refractivity contribution in [3.63, 3.8) is 0 Å². The predicted octanol–water partition coefficient (Wildman–Crippen LogP) is 4.59. The molecule has 0 spiro atoms. The summed E-state index contributed by atoms with van der Waals surface area (Å²) in [5, 5.41) is 10.7. The van der Waals surface area contributed by atoms with Gasteiger partial charge >= 0.3 is 6.01 Å². The fourth-order valence-electron chi connectivity index (χ4n) is 3.17. The first-order valence-electron chi connectivity index (χ1n) is 8.64. The van der Waals surface area contributed by atoms with E-state index in [1.54, 1.807) is 23.9 Å². The van der Waals surface area contributed by atoms with Crippen molar-refractivity contribution in [2.24, 2.45) is 0 Å². The Morgan fingerprint density at radius 2 is 1.81 bits per heavy atom.